The zero-order valence-corrected chi connectivity index (χ0v) is 5.34. The fourth-order valence-corrected chi connectivity index (χ4v) is 0.928. The third-order valence-electron chi connectivity index (χ3n) is 1.58. The van der Waals surface area contributed by atoms with Gasteiger partial charge in [0.2, 0.25) is 0 Å². The Morgan fingerprint density at radius 1 is 1.30 bits per heavy atom. The molecule has 1 fully saturated rings. The van der Waals surface area contributed by atoms with Crippen molar-refractivity contribution in [2.24, 2.45) is 0 Å². The van der Waals surface area contributed by atoms with E-state index in [1.54, 1.807) is 0 Å². The quantitative estimate of drug-likeness (QED) is 0.358. The van der Waals surface area contributed by atoms with Crippen molar-refractivity contribution >= 4 is 7.85 Å². The average molecular weight is 144 g/mol. The first-order valence-electron chi connectivity index (χ1n) is 3.05. The van der Waals surface area contributed by atoms with Crippen LogP contribution in [0.2, 0.25) is 0 Å². The topological polar surface area (TPSA) is 69.9 Å². The molecule has 0 bridgehead atoms. The van der Waals surface area contributed by atoms with E-state index in [0.29, 0.717) is 0 Å². The van der Waals surface area contributed by atoms with E-state index in [1.165, 1.54) is 0 Å². The summed E-state index contributed by atoms with van der Waals surface area (Å²) in [5.74, 6) is 0. The third-order valence-corrected chi connectivity index (χ3v) is 1.58. The lowest BCUT2D eigenvalue weighted by molar-refractivity contribution is -0.00875. The molecule has 0 amide bonds. The standard InChI is InChI=1S/C5H9BO4/c6-5-4(9)3(8)2(1-7)10-5/h2-5,7-9H,1H2/t2-,3+,4-,5-/m1/s1. The van der Waals surface area contributed by atoms with Gasteiger partial charge in [-0.05, 0) is 0 Å². The summed E-state index contributed by atoms with van der Waals surface area (Å²) in [5, 5.41) is 26.5. The van der Waals surface area contributed by atoms with E-state index >= 15 is 0 Å². The largest absolute Gasteiger partial charge is 0.394 e. The highest BCUT2D eigenvalue weighted by Gasteiger charge is 2.38. The van der Waals surface area contributed by atoms with Crippen LogP contribution in [-0.2, 0) is 4.74 Å². The molecule has 1 heterocycles. The summed E-state index contributed by atoms with van der Waals surface area (Å²) in [6.45, 7) is -0.327. The van der Waals surface area contributed by atoms with E-state index in [4.69, 9.17) is 27.9 Å². The van der Waals surface area contributed by atoms with Gasteiger partial charge in [0, 0.05) is 6.00 Å². The zero-order chi connectivity index (χ0) is 7.72. The van der Waals surface area contributed by atoms with Gasteiger partial charge in [-0.25, -0.2) is 0 Å². The Hall–Kier alpha value is -0.0951. The van der Waals surface area contributed by atoms with Crippen molar-refractivity contribution in [3.63, 3.8) is 0 Å². The molecule has 0 aromatic rings. The fourth-order valence-electron chi connectivity index (χ4n) is 0.928. The number of ether oxygens (including phenoxy) is 1. The molecular weight excluding hydrogens is 135 g/mol. The van der Waals surface area contributed by atoms with Crippen LogP contribution >= 0.6 is 0 Å². The molecular formula is C5H9BO4. The summed E-state index contributed by atoms with van der Waals surface area (Å²) in [6.07, 6.45) is -2.90. The van der Waals surface area contributed by atoms with Crippen LogP contribution in [0.15, 0.2) is 0 Å². The molecule has 1 aliphatic heterocycles. The second-order valence-corrected chi connectivity index (χ2v) is 2.30. The number of rotatable bonds is 1. The summed E-state index contributed by atoms with van der Waals surface area (Å²) >= 11 is 0. The number of hydrogen-bond donors (Lipinski definition) is 3. The minimum Gasteiger partial charge on any atom is -0.394 e. The maximum Gasteiger partial charge on any atom is 0.112 e. The van der Waals surface area contributed by atoms with Crippen LogP contribution in [-0.4, -0.2) is 54.1 Å². The van der Waals surface area contributed by atoms with E-state index in [0.717, 1.165) is 0 Å². The van der Waals surface area contributed by atoms with Gasteiger partial charge in [0.1, 0.15) is 20.1 Å². The van der Waals surface area contributed by atoms with Crippen LogP contribution in [0, 0.1) is 0 Å². The highest BCUT2D eigenvalue weighted by Crippen LogP contribution is 2.18. The number of hydrogen-bond acceptors (Lipinski definition) is 4. The zero-order valence-electron chi connectivity index (χ0n) is 5.34. The molecule has 2 radical (unpaired) electrons. The second-order valence-electron chi connectivity index (χ2n) is 2.30. The predicted octanol–water partition coefficient (Wildman–Crippen LogP) is -2.41. The van der Waals surface area contributed by atoms with Gasteiger partial charge in [-0.15, -0.1) is 0 Å². The SMILES string of the molecule is [B][C@@H]1O[C@H](CO)[C@H](O)[C@H]1O. The first kappa shape index (κ1) is 8.01. The Morgan fingerprint density at radius 3 is 2.10 bits per heavy atom. The summed E-state index contributed by atoms with van der Waals surface area (Å²) < 4.78 is 4.76. The predicted molar refractivity (Wildman–Crippen MR) is 33.5 cm³/mol. The smallest absolute Gasteiger partial charge is 0.112 e. The molecule has 1 saturated heterocycles. The molecule has 1 rings (SSSR count). The average Bonchev–Trinajstić information content (AvgIpc) is 2.17. The Balaban J connectivity index is 2.53. The Kier molecular flexibility index (Phi) is 2.30. The molecule has 56 valence electrons. The van der Waals surface area contributed by atoms with Gasteiger partial charge in [-0.2, -0.15) is 0 Å². The highest BCUT2D eigenvalue weighted by molar-refractivity contribution is 6.11. The van der Waals surface area contributed by atoms with Crippen LogP contribution < -0.4 is 0 Å². The van der Waals surface area contributed by atoms with Gasteiger partial charge in [-0.3, -0.25) is 0 Å². The van der Waals surface area contributed by atoms with Crippen molar-refractivity contribution in [2.45, 2.75) is 24.3 Å². The summed E-state index contributed by atoms with van der Waals surface area (Å²) in [7, 11) is 5.19. The summed E-state index contributed by atoms with van der Waals surface area (Å²) in [6, 6.07) is -0.882. The molecule has 4 atom stereocenters. The van der Waals surface area contributed by atoms with Crippen LogP contribution in [0.25, 0.3) is 0 Å². The molecule has 5 heteroatoms. The normalized spacial score (nSPS) is 47.9. The summed E-state index contributed by atoms with van der Waals surface area (Å²) in [4.78, 5) is 0. The minimum absolute atomic E-state index is 0.327. The molecule has 1 aliphatic rings. The molecule has 3 N–H and O–H groups in total. The van der Waals surface area contributed by atoms with Crippen LogP contribution in [0.5, 0.6) is 0 Å². The lowest BCUT2D eigenvalue weighted by Gasteiger charge is -2.10. The van der Waals surface area contributed by atoms with Gasteiger partial charge in [0.05, 0.1) is 12.7 Å². The Morgan fingerprint density at radius 2 is 1.90 bits per heavy atom. The molecule has 0 spiro atoms. The number of aliphatic hydroxyl groups is 3. The third kappa shape index (κ3) is 1.18. The maximum atomic E-state index is 9.01. The van der Waals surface area contributed by atoms with Crippen molar-refractivity contribution in [3.05, 3.63) is 0 Å². The van der Waals surface area contributed by atoms with E-state index < -0.39 is 24.3 Å². The molecule has 0 aromatic carbocycles. The monoisotopic (exact) mass is 144 g/mol. The molecule has 0 aliphatic carbocycles. The lowest BCUT2D eigenvalue weighted by Crippen LogP contribution is -2.33. The fraction of sp³-hybridized carbons (Fsp3) is 1.00. The highest BCUT2D eigenvalue weighted by atomic mass is 16.5. The van der Waals surface area contributed by atoms with Crippen LogP contribution in [0.4, 0.5) is 0 Å². The van der Waals surface area contributed by atoms with Crippen LogP contribution in [0.1, 0.15) is 0 Å². The molecule has 0 unspecified atom stereocenters. The molecule has 0 aromatic heterocycles. The van der Waals surface area contributed by atoms with E-state index in [1.807, 2.05) is 0 Å². The Labute approximate surface area is 59.8 Å². The van der Waals surface area contributed by atoms with Gasteiger partial charge in [0.15, 0.2) is 0 Å². The van der Waals surface area contributed by atoms with Gasteiger partial charge in [-0.1, -0.05) is 0 Å². The second kappa shape index (κ2) is 2.88. The first-order chi connectivity index (χ1) is 4.66. The first-order valence-corrected chi connectivity index (χ1v) is 3.05. The van der Waals surface area contributed by atoms with Crippen LogP contribution in [0.3, 0.4) is 0 Å². The van der Waals surface area contributed by atoms with E-state index in [2.05, 4.69) is 0 Å². The van der Waals surface area contributed by atoms with Crippen molar-refractivity contribution < 1.29 is 20.1 Å². The van der Waals surface area contributed by atoms with Crippen molar-refractivity contribution in [2.75, 3.05) is 6.61 Å². The summed E-state index contributed by atoms with van der Waals surface area (Å²) in [5.41, 5.74) is 0. The van der Waals surface area contributed by atoms with E-state index in [9.17, 15) is 0 Å². The Bertz CT molecular complexity index is 120. The number of aliphatic hydroxyl groups excluding tert-OH is 3. The molecule has 10 heavy (non-hydrogen) atoms. The molecule has 0 saturated carbocycles. The lowest BCUT2D eigenvalue weighted by atomic mass is 9.93. The van der Waals surface area contributed by atoms with Gasteiger partial charge in [0.25, 0.3) is 0 Å². The van der Waals surface area contributed by atoms with Crippen molar-refractivity contribution in [1.82, 2.24) is 0 Å². The molecule has 4 nitrogen and oxygen atoms in total. The minimum atomic E-state index is -1.09. The van der Waals surface area contributed by atoms with Crippen molar-refractivity contribution in [3.8, 4) is 0 Å². The maximum absolute atomic E-state index is 9.01. The van der Waals surface area contributed by atoms with Gasteiger partial charge >= 0.3 is 0 Å². The van der Waals surface area contributed by atoms with Crippen molar-refractivity contribution in [1.29, 1.82) is 0 Å². The van der Waals surface area contributed by atoms with E-state index in [-0.39, 0.29) is 6.61 Å². The van der Waals surface area contributed by atoms with Gasteiger partial charge < -0.3 is 20.1 Å².